The minimum Gasteiger partial charge on any atom is -0.384 e. The van der Waals surface area contributed by atoms with E-state index in [0.29, 0.717) is 16.1 Å². The van der Waals surface area contributed by atoms with Crippen LogP contribution < -0.4 is 5.73 Å². The van der Waals surface area contributed by atoms with Crippen LogP contribution in [0.2, 0.25) is 5.15 Å². The van der Waals surface area contributed by atoms with Crippen LogP contribution in [0.25, 0.3) is 0 Å². The topological polar surface area (TPSA) is 64.7 Å². The standard InChI is InChI=1S/C12H13ClN4S/c1-7-3-4-15-9(5-7)8(2)18-12-16-10(13)6-11(14)17-12/h3-6,8H,1-2H3,(H2,14,16,17). The second kappa shape index (κ2) is 5.54. The first-order valence-corrected chi connectivity index (χ1v) is 6.69. The van der Waals surface area contributed by atoms with Gasteiger partial charge in [0.15, 0.2) is 5.16 Å². The number of aryl methyl sites for hydroxylation is 1. The summed E-state index contributed by atoms with van der Waals surface area (Å²) in [6, 6.07) is 5.54. The third-order valence-corrected chi connectivity index (χ3v) is 3.51. The Hall–Kier alpha value is -1.33. The van der Waals surface area contributed by atoms with Crippen molar-refractivity contribution in [2.45, 2.75) is 24.3 Å². The molecule has 0 aliphatic rings. The maximum absolute atomic E-state index is 5.84. The van der Waals surface area contributed by atoms with Crippen molar-refractivity contribution in [2.24, 2.45) is 0 Å². The van der Waals surface area contributed by atoms with Crippen LogP contribution in [0.5, 0.6) is 0 Å². The van der Waals surface area contributed by atoms with E-state index in [0.717, 1.165) is 5.69 Å². The van der Waals surface area contributed by atoms with Crippen LogP contribution in [0.1, 0.15) is 23.4 Å². The number of halogens is 1. The van der Waals surface area contributed by atoms with E-state index in [2.05, 4.69) is 15.0 Å². The minimum atomic E-state index is 0.141. The smallest absolute Gasteiger partial charge is 0.191 e. The van der Waals surface area contributed by atoms with E-state index in [1.54, 1.807) is 6.20 Å². The first-order chi connectivity index (χ1) is 8.54. The van der Waals surface area contributed by atoms with E-state index in [1.807, 2.05) is 26.0 Å². The lowest BCUT2D eigenvalue weighted by molar-refractivity contribution is 0.943. The quantitative estimate of drug-likeness (QED) is 0.531. The van der Waals surface area contributed by atoms with Gasteiger partial charge in [0.1, 0.15) is 11.0 Å². The zero-order valence-corrected chi connectivity index (χ0v) is 11.7. The summed E-state index contributed by atoms with van der Waals surface area (Å²) in [6.07, 6.45) is 1.80. The molecular formula is C12H13ClN4S. The van der Waals surface area contributed by atoms with E-state index in [4.69, 9.17) is 17.3 Å². The highest BCUT2D eigenvalue weighted by atomic mass is 35.5. The summed E-state index contributed by atoms with van der Waals surface area (Å²) in [5.41, 5.74) is 7.80. The van der Waals surface area contributed by atoms with E-state index >= 15 is 0 Å². The molecule has 2 aromatic heterocycles. The van der Waals surface area contributed by atoms with Crippen LogP contribution in [-0.2, 0) is 0 Å². The van der Waals surface area contributed by atoms with Crippen molar-refractivity contribution in [3.05, 3.63) is 40.8 Å². The molecule has 0 saturated carbocycles. The maximum Gasteiger partial charge on any atom is 0.191 e. The van der Waals surface area contributed by atoms with Crippen LogP contribution in [0, 0.1) is 6.92 Å². The molecule has 0 aromatic carbocycles. The van der Waals surface area contributed by atoms with Crippen molar-refractivity contribution in [1.82, 2.24) is 15.0 Å². The molecule has 0 saturated heterocycles. The molecule has 0 fully saturated rings. The highest BCUT2D eigenvalue weighted by Gasteiger charge is 2.12. The predicted octanol–water partition coefficient (Wildman–Crippen LogP) is 3.27. The number of nitrogens with two attached hydrogens (primary N) is 1. The summed E-state index contributed by atoms with van der Waals surface area (Å²) >= 11 is 7.33. The molecule has 2 heterocycles. The molecule has 0 aliphatic carbocycles. The van der Waals surface area contributed by atoms with E-state index in [1.165, 1.54) is 23.4 Å². The van der Waals surface area contributed by atoms with Gasteiger partial charge in [0, 0.05) is 12.3 Å². The van der Waals surface area contributed by atoms with Gasteiger partial charge in [-0.15, -0.1) is 0 Å². The third-order valence-electron chi connectivity index (χ3n) is 2.33. The van der Waals surface area contributed by atoms with Crippen molar-refractivity contribution in [1.29, 1.82) is 0 Å². The molecule has 1 atom stereocenters. The fraction of sp³-hybridized carbons (Fsp3) is 0.250. The molecule has 2 N–H and O–H groups in total. The van der Waals surface area contributed by atoms with Crippen molar-refractivity contribution in [2.75, 3.05) is 5.73 Å². The number of thioether (sulfide) groups is 1. The van der Waals surface area contributed by atoms with Gasteiger partial charge < -0.3 is 5.73 Å². The SMILES string of the molecule is Cc1ccnc(C(C)Sc2nc(N)cc(Cl)n2)c1. The number of rotatable bonds is 3. The number of pyridine rings is 1. The third kappa shape index (κ3) is 3.34. The summed E-state index contributed by atoms with van der Waals surface area (Å²) < 4.78 is 0. The second-order valence-corrected chi connectivity index (χ2v) is 5.61. The maximum atomic E-state index is 5.84. The first kappa shape index (κ1) is 13.1. The van der Waals surface area contributed by atoms with Crippen molar-refractivity contribution >= 4 is 29.2 Å². The van der Waals surface area contributed by atoms with Gasteiger partial charge in [-0.3, -0.25) is 4.98 Å². The van der Waals surface area contributed by atoms with Gasteiger partial charge in [0.25, 0.3) is 0 Å². The van der Waals surface area contributed by atoms with Crippen molar-refractivity contribution < 1.29 is 0 Å². The number of aromatic nitrogens is 3. The van der Waals surface area contributed by atoms with Crippen LogP contribution in [0.4, 0.5) is 5.82 Å². The fourth-order valence-electron chi connectivity index (χ4n) is 1.47. The molecular weight excluding hydrogens is 268 g/mol. The van der Waals surface area contributed by atoms with Crippen LogP contribution in [0.3, 0.4) is 0 Å². The average molecular weight is 281 g/mol. The molecule has 6 heteroatoms. The first-order valence-electron chi connectivity index (χ1n) is 5.44. The minimum absolute atomic E-state index is 0.141. The van der Waals surface area contributed by atoms with Crippen molar-refractivity contribution in [3.63, 3.8) is 0 Å². The molecule has 18 heavy (non-hydrogen) atoms. The summed E-state index contributed by atoms with van der Waals surface area (Å²) in [5.74, 6) is 0.377. The lowest BCUT2D eigenvalue weighted by Gasteiger charge is -2.10. The summed E-state index contributed by atoms with van der Waals surface area (Å²) in [5, 5.41) is 1.06. The molecule has 94 valence electrons. The van der Waals surface area contributed by atoms with Gasteiger partial charge in [-0.25, -0.2) is 9.97 Å². The van der Waals surface area contributed by atoms with Crippen molar-refractivity contribution in [3.8, 4) is 0 Å². The number of anilines is 1. The largest absolute Gasteiger partial charge is 0.384 e. The number of hydrogen-bond acceptors (Lipinski definition) is 5. The summed E-state index contributed by atoms with van der Waals surface area (Å²) in [7, 11) is 0. The van der Waals surface area contributed by atoms with E-state index < -0.39 is 0 Å². The molecule has 0 amide bonds. The molecule has 2 rings (SSSR count). The monoisotopic (exact) mass is 280 g/mol. The molecule has 0 bridgehead atoms. The van der Waals surface area contributed by atoms with Crippen LogP contribution >= 0.6 is 23.4 Å². The normalized spacial score (nSPS) is 12.4. The van der Waals surface area contributed by atoms with Gasteiger partial charge in [-0.2, -0.15) is 0 Å². The van der Waals surface area contributed by atoms with E-state index in [9.17, 15) is 0 Å². The number of nitrogen functional groups attached to an aromatic ring is 1. The molecule has 0 aliphatic heterocycles. The fourth-order valence-corrected chi connectivity index (χ4v) is 2.58. The highest BCUT2D eigenvalue weighted by molar-refractivity contribution is 7.99. The lowest BCUT2D eigenvalue weighted by Crippen LogP contribution is -1.98. The molecule has 0 radical (unpaired) electrons. The Labute approximate surface area is 115 Å². The van der Waals surface area contributed by atoms with Crippen LogP contribution in [-0.4, -0.2) is 15.0 Å². The average Bonchev–Trinajstić information content (AvgIpc) is 2.27. The molecule has 2 aromatic rings. The Bertz CT molecular complexity index is 541. The Kier molecular flexibility index (Phi) is 4.04. The highest BCUT2D eigenvalue weighted by Crippen LogP contribution is 2.32. The van der Waals surface area contributed by atoms with Crippen LogP contribution in [0.15, 0.2) is 29.6 Å². The zero-order chi connectivity index (χ0) is 13.1. The Morgan fingerprint density at radius 2 is 2.11 bits per heavy atom. The van der Waals surface area contributed by atoms with E-state index in [-0.39, 0.29) is 5.25 Å². The number of nitrogens with zero attached hydrogens (tertiary/aromatic N) is 3. The van der Waals surface area contributed by atoms with Gasteiger partial charge in [0.05, 0.1) is 10.9 Å². The number of hydrogen-bond donors (Lipinski definition) is 1. The van der Waals surface area contributed by atoms with Gasteiger partial charge in [-0.1, -0.05) is 23.4 Å². The zero-order valence-electron chi connectivity index (χ0n) is 10.1. The Morgan fingerprint density at radius 1 is 1.33 bits per heavy atom. The molecule has 0 spiro atoms. The predicted molar refractivity (Wildman–Crippen MR) is 74.7 cm³/mol. The lowest BCUT2D eigenvalue weighted by atomic mass is 10.2. The van der Waals surface area contributed by atoms with Gasteiger partial charge in [0.2, 0.25) is 0 Å². The van der Waals surface area contributed by atoms with Gasteiger partial charge >= 0.3 is 0 Å². The Balaban J connectivity index is 2.18. The summed E-state index contributed by atoms with van der Waals surface area (Å²) in [6.45, 7) is 4.09. The van der Waals surface area contributed by atoms with Gasteiger partial charge in [-0.05, 0) is 31.5 Å². The second-order valence-electron chi connectivity index (χ2n) is 3.92. The Morgan fingerprint density at radius 3 is 2.78 bits per heavy atom. The summed E-state index contributed by atoms with van der Waals surface area (Å²) in [4.78, 5) is 12.6. The molecule has 4 nitrogen and oxygen atoms in total. The molecule has 1 unspecified atom stereocenters.